The third kappa shape index (κ3) is 5.17. The fourth-order valence-corrected chi connectivity index (χ4v) is 3.53. The van der Waals surface area contributed by atoms with Gasteiger partial charge in [-0.1, -0.05) is 12.1 Å². The molecule has 1 aliphatic rings. The van der Waals surface area contributed by atoms with Gasteiger partial charge in [-0.15, -0.1) is 5.10 Å². The molecule has 1 aromatic carbocycles. The van der Waals surface area contributed by atoms with Crippen LogP contribution in [0.4, 0.5) is 0 Å². The number of nitrogens with one attached hydrogen (secondary N) is 1. The summed E-state index contributed by atoms with van der Waals surface area (Å²) in [6.45, 7) is 4.73. The van der Waals surface area contributed by atoms with E-state index < -0.39 is 0 Å². The summed E-state index contributed by atoms with van der Waals surface area (Å²) in [5, 5.41) is 4.53. The molecule has 2 heterocycles. The van der Waals surface area contributed by atoms with E-state index in [1.165, 1.54) is 4.90 Å². The molecule has 2 aromatic rings. The summed E-state index contributed by atoms with van der Waals surface area (Å²) >= 11 is 5.32. The number of quaternary nitrogens is 1. The van der Waals surface area contributed by atoms with E-state index in [9.17, 15) is 4.79 Å². The summed E-state index contributed by atoms with van der Waals surface area (Å²) in [5.74, 6) is 1.37. The molecule has 27 heavy (non-hydrogen) atoms. The minimum atomic E-state index is -0.0728. The van der Waals surface area contributed by atoms with E-state index in [1.54, 1.807) is 11.8 Å². The predicted molar refractivity (Wildman–Crippen MR) is 101 cm³/mol. The summed E-state index contributed by atoms with van der Waals surface area (Å²) in [4.78, 5) is 13.6. The molecule has 0 unspecified atom stereocenters. The van der Waals surface area contributed by atoms with Gasteiger partial charge in [0, 0.05) is 12.8 Å². The van der Waals surface area contributed by atoms with E-state index in [-0.39, 0.29) is 11.9 Å². The highest BCUT2D eigenvalue weighted by atomic mass is 32.1. The Bertz CT molecular complexity index is 807. The Balaban J connectivity index is 1.55. The van der Waals surface area contributed by atoms with Crippen LogP contribution >= 0.6 is 12.2 Å². The van der Waals surface area contributed by atoms with E-state index in [0.717, 1.165) is 37.2 Å². The number of benzene rings is 1. The zero-order valence-corrected chi connectivity index (χ0v) is 16.6. The molecular weight excluding hydrogens is 366 g/mol. The largest absolute Gasteiger partial charge is 0.497 e. The third-order valence-corrected chi connectivity index (χ3v) is 5.14. The van der Waals surface area contributed by atoms with Gasteiger partial charge in [-0.25, -0.2) is 0 Å². The number of rotatable bonds is 7. The molecule has 7 nitrogen and oxygen atoms in total. The Morgan fingerprint density at radius 2 is 2.04 bits per heavy atom. The molecular formula is C19H26N3O4S+. The highest BCUT2D eigenvalue weighted by molar-refractivity contribution is 7.71. The van der Waals surface area contributed by atoms with Crippen LogP contribution in [-0.2, 0) is 22.6 Å². The van der Waals surface area contributed by atoms with Crippen LogP contribution in [0.5, 0.6) is 5.75 Å². The number of carbonyl (C=O) groups excluding carboxylic acids is 1. The topological polar surface area (TPSA) is 70.9 Å². The number of carbonyl (C=O) groups is 1. The van der Waals surface area contributed by atoms with Gasteiger partial charge in [0.05, 0.1) is 39.1 Å². The minimum absolute atomic E-state index is 0.0182. The molecule has 0 spiro atoms. The molecule has 1 N–H and O–H groups in total. The van der Waals surface area contributed by atoms with Crippen LogP contribution in [0.2, 0.25) is 0 Å². The average molecular weight is 393 g/mol. The zero-order valence-electron chi connectivity index (χ0n) is 15.8. The maximum Gasteiger partial charge on any atom is 0.309 e. The standard InChI is InChI=1S/C19H25N3O4S/c1-3-25-18(23)15-8-10-21(11-9-15)13-22-19(27)26-17(20-22)12-14-4-6-16(24-2)7-5-14/h4-7,15H,3,8-13H2,1-2H3/p+1. The second-order valence-corrected chi connectivity index (χ2v) is 7.07. The molecule has 0 radical (unpaired) electrons. The van der Waals surface area contributed by atoms with E-state index in [0.29, 0.717) is 30.4 Å². The van der Waals surface area contributed by atoms with E-state index in [4.69, 9.17) is 26.1 Å². The van der Waals surface area contributed by atoms with Crippen molar-refractivity contribution in [3.63, 3.8) is 0 Å². The Kier molecular flexibility index (Phi) is 6.63. The first-order chi connectivity index (χ1) is 13.1. The summed E-state index contributed by atoms with van der Waals surface area (Å²) in [5.41, 5.74) is 1.08. The van der Waals surface area contributed by atoms with E-state index >= 15 is 0 Å². The monoisotopic (exact) mass is 392 g/mol. The quantitative estimate of drug-likeness (QED) is 0.570. The van der Waals surface area contributed by atoms with E-state index in [2.05, 4.69) is 5.10 Å². The lowest BCUT2D eigenvalue weighted by molar-refractivity contribution is -0.929. The molecule has 146 valence electrons. The van der Waals surface area contributed by atoms with Crippen LogP contribution in [-0.4, -0.2) is 42.6 Å². The fourth-order valence-electron chi connectivity index (χ4n) is 3.33. The number of nitrogens with zero attached hydrogens (tertiary/aromatic N) is 2. The molecule has 1 fully saturated rings. The van der Waals surface area contributed by atoms with Crippen molar-refractivity contribution in [1.29, 1.82) is 0 Å². The van der Waals surface area contributed by atoms with Gasteiger partial charge in [-0.2, -0.15) is 4.68 Å². The fraction of sp³-hybridized carbons (Fsp3) is 0.526. The Morgan fingerprint density at radius 3 is 2.67 bits per heavy atom. The Hall–Kier alpha value is -2.19. The zero-order chi connectivity index (χ0) is 19.2. The van der Waals surface area contributed by atoms with Crippen molar-refractivity contribution >= 4 is 18.2 Å². The summed E-state index contributed by atoms with van der Waals surface area (Å²) < 4.78 is 17.7. The predicted octanol–water partition coefficient (Wildman–Crippen LogP) is 1.62. The molecule has 3 rings (SSSR count). The molecule has 1 aliphatic heterocycles. The van der Waals surface area contributed by atoms with Crippen LogP contribution in [0.3, 0.4) is 0 Å². The number of likely N-dealkylation sites (tertiary alicyclic amines) is 1. The second kappa shape index (κ2) is 9.14. The number of methoxy groups -OCH3 is 1. The first-order valence-corrected chi connectivity index (χ1v) is 9.69. The van der Waals surface area contributed by atoms with Crippen molar-refractivity contribution in [2.75, 3.05) is 26.8 Å². The van der Waals surface area contributed by atoms with Crippen LogP contribution in [0, 0.1) is 10.8 Å². The normalized spacial score (nSPS) is 19.6. The highest BCUT2D eigenvalue weighted by Crippen LogP contribution is 2.15. The first kappa shape index (κ1) is 19.6. The maximum absolute atomic E-state index is 11.8. The van der Waals surface area contributed by atoms with Crippen LogP contribution < -0.4 is 9.64 Å². The van der Waals surface area contributed by atoms with Gasteiger partial charge in [0.1, 0.15) is 5.75 Å². The maximum atomic E-state index is 11.8. The van der Waals surface area contributed by atoms with Gasteiger partial charge in [0.25, 0.3) is 4.84 Å². The molecule has 1 saturated heterocycles. The number of ether oxygens (including phenoxy) is 2. The van der Waals surface area contributed by atoms with Crippen LogP contribution in [0.1, 0.15) is 31.2 Å². The number of hydrogen-bond acceptors (Lipinski definition) is 6. The van der Waals surface area contributed by atoms with Crippen LogP contribution in [0.25, 0.3) is 0 Å². The number of piperidine rings is 1. The van der Waals surface area contributed by atoms with Crippen LogP contribution in [0.15, 0.2) is 28.7 Å². The van der Waals surface area contributed by atoms with Gasteiger partial charge in [0.2, 0.25) is 5.89 Å². The van der Waals surface area contributed by atoms with Crippen molar-refractivity contribution < 1.29 is 23.6 Å². The molecule has 0 aliphatic carbocycles. The number of aromatic nitrogens is 2. The van der Waals surface area contributed by atoms with Crippen molar-refractivity contribution in [1.82, 2.24) is 9.78 Å². The van der Waals surface area contributed by atoms with Gasteiger partial charge in [-0.05, 0) is 36.8 Å². The minimum Gasteiger partial charge on any atom is -0.497 e. The summed E-state index contributed by atoms with van der Waals surface area (Å²) in [6, 6.07) is 7.81. The molecule has 0 atom stereocenters. The van der Waals surface area contributed by atoms with Gasteiger partial charge in [-0.3, -0.25) is 4.79 Å². The second-order valence-electron chi connectivity index (χ2n) is 6.72. The molecule has 0 saturated carbocycles. The third-order valence-electron chi connectivity index (χ3n) is 4.85. The van der Waals surface area contributed by atoms with Crippen molar-refractivity contribution in [2.45, 2.75) is 32.9 Å². The van der Waals surface area contributed by atoms with Gasteiger partial charge in [0.15, 0.2) is 6.67 Å². The number of hydrogen-bond donors (Lipinski definition) is 1. The van der Waals surface area contributed by atoms with Crippen molar-refractivity contribution in [3.05, 3.63) is 40.6 Å². The Morgan fingerprint density at radius 1 is 1.33 bits per heavy atom. The lowest BCUT2D eigenvalue weighted by Gasteiger charge is -2.27. The SMILES string of the molecule is CCOC(=O)C1CC[NH+](Cn2nc(Cc3ccc(OC)cc3)oc2=S)CC1. The lowest BCUT2D eigenvalue weighted by atomic mass is 9.97. The highest BCUT2D eigenvalue weighted by Gasteiger charge is 2.28. The smallest absolute Gasteiger partial charge is 0.309 e. The molecule has 0 amide bonds. The number of esters is 1. The van der Waals surface area contributed by atoms with Gasteiger partial charge < -0.3 is 18.8 Å². The Labute approximate surface area is 163 Å². The molecule has 0 bridgehead atoms. The lowest BCUT2D eigenvalue weighted by Crippen LogP contribution is -3.12. The first-order valence-electron chi connectivity index (χ1n) is 9.29. The van der Waals surface area contributed by atoms with E-state index in [1.807, 2.05) is 31.2 Å². The van der Waals surface area contributed by atoms with Crippen molar-refractivity contribution in [3.8, 4) is 5.75 Å². The summed E-state index contributed by atoms with van der Waals surface area (Å²) in [6.07, 6.45) is 2.25. The van der Waals surface area contributed by atoms with Crippen molar-refractivity contribution in [2.24, 2.45) is 5.92 Å². The summed E-state index contributed by atoms with van der Waals surface area (Å²) in [7, 11) is 1.65. The van der Waals surface area contributed by atoms with Gasteiger partial charge >= 0.3 is 5.97 Å². The average Bonchev–Trinajstić information content (AvgIpc) is 3.02. The molecule has 1 aromatic heterocycles. The molecule has 8 heteroatoms.